The molecule has 0 unspecified atom stereocenters. The molecule has 82 valence electrons. The van der Waals surface area contributed by atoms with Crippen molar-refractivity contribution in [3.05, 3.63) is 35.9 Å². The van der Waals surface area contributed by atoms with E-state index in [0.717, 1.165) is 5.56 Å². The predicted molar refractivity (Wildman–Crippen MR) is 52.5 cm³/mol. The highest BCUT2D eigenvalue weighted by atomic mass is 16.4. The molecule has 2 heterocycles. The van der Waals surface area contributed by atoms with E-state index in [1.54, 1.807) is 12.4 Å². The standard InChI is InChI=1S/C9H9N5O2/c15-9(16)6-14-8(11-12-13-14)5-7-1-3-10-4-2-7/h1-4H,5-6H2,(H,15,16). The van der Waals surface area contributed by atoms with Gasteiger partial charge in [-0.05, 0) is 28.1 Å². The summed E-state index contributed by atoms with van der Waals surface area (Å²) in [6.45, 7) is -0.229. The molecule has 0 aliphatic heterocycles. The molecule has 2 aromatic rings. The number of hydrogen-bond acceptors (Lipinski definition) is 5. The van der Waals surface area contributed by atoms with Crippen molar-refractivity contribution in [3.8, 4) is 0 Å². The zero-order valence-corrected chi connectivity index (χ0v) is 8.32. The lowest BCUT2D eigenvalue weighted by molar-refractivity contribution is -0.138. The lowest BCUT2D eigenvalue weighted by Crippen LogP contribution is -2.13. The van der Waals surface area contributed by atoms with E-state index in [4.69, 9.17) is 5.11 Å². The number of pyridine rings is 1. The minimum absolute atomic E-state index is 0.229. The summed E-state index contributed by atoms with van der Waals surface area (Å²) in [6.07, 6.45) is 3.82. The summed E-state index contributed by atoms with van der Waals surface area (Å²) < 4.78 is 1.27. The molecule has 0 aliphatic carbocycles. The van der Waals surface area contributed by atoms with Crippen LogP contribution >= 0.6 is 0 Å². The van der Waals surface area contributed by atoms with E-state index in [-0.39, 0.29) is 6.54 Å². The van der Waals surface area contributed by atoms with E-state index >= 15 is 0 Å². The maximum absolute atomic E-state index is 10.5. The van der Waals surface area contributed by atoms with Crippen LogP contribution in [0.25, 0.3) is 0 Å². The van der Waals surface area contributed by atoms with Gasteiger partial charge in [-0.25, -0.2) is 4.68 Å². The van der Waals surface area contributed by atoms with Gasteiger partial charge in [-0.1, -0.05) is 0 Å². The van der Waals surface area contributed by atoms with Crippen LogP contribution in [0.1, 0.15) is 11.4 Å². The van der Waals surface area contributed by atoms with Crippen LogP contribution < -0.4 is 0 Å². The lowest BCUT2D eigenvalue weighted by atomic mass is 10.2. The lowest BCUT2D eigenvalue weighted by Gasteiger charge is -2.01. The van der Waals surface area contributed by atoms with E-state index in [9.17, 15) is 4.79 Å². The Morgan fingerprint density at radius 2 is 2.12 bits per heavy atom. The number of nitrogens with zero attached hydrogens (tertiary/aromatic N) is 5. The highest BCUT2D eigenvalue weighted by Crippen LogP contribution is 2.04. The normalized spacial score (nSPS) is 10.2. The van der Waals surface area contributed by atoms with Crippen molar-refractivity contribution in [1.29, 1.82) is 0 Å². The molecular formula is C9H9N5O2. The number of carbonyl (C=O) groups is 1. The molecule has 0 amide bonds. The smallest absolute Gasteiger partial charge is 0.325 e. The van der Waals surface area contributed by atoms with Crippen LogP contribution in [0.5, 0.6) is 0 Å². The summed E-state index contributed by atoms with van der Waals surface area (Å²) in [5, 5.41) is 19.5. The van der Waals surface area contributed by atoms with Gasteiger partial charge in [0.2, 0.25) is 0 Å². The topological polar surface area (TPSA) is 93.8 Å². The summed E-state index contributed by atoms with van der Waals surface area (Å²) in [5.74, 6) is -0.447. The van der Waals surface area contributed by atoms with Crippen LogP contribution in [0.15, 0.2) is 24.5 Å². The Kier molecular flexibility index (Phi) is 2.86. The first-order chi connectivity index (χ1) is 7.75. The van der Waals surface area contributed by atoms with E-state index in [1.165, 1.54) is 4.68 Å². The quantitative estimate of drug-likeness (QED) is 0.761. The predicted octanol–water partition coefficient (Wildman–Crippen LogP) is -0.257. The average Bonchev–Trinajstić information content (AvgIpc) is 2.66. The van der Waals surface area contributed by atoms with Crippen LogP contribution in [-0.4, -0.2) is 36.3 Å². The first-order valence-corrected chi connectivity index (χ1v) is 4.61. The number of tetrazole rings is 1. The summed E-state index contributed by atoms with van der Waals surface area (Å²) in [4.78, 5) is 14.4. The molecular weight excluding hydrogens is 210 g/mol. The Morgan fingerprint density at radius 3 is 2.81 bits per heavy atom. The van der Waals surface area contributed by atoms with Crippen LogP contribution in [0.4, 0.5) is 0 Å². The highest BCUT2D eigenvalue weighted by Gasteiger charge is 2.09. The Bertz CT molecular complexity index is 482. The molecule has 0 atom stereocenters. The van der Waals surface area contributed by atoms with Crippen molar-refractivity contribution in [2.45, 2.75) is 13.0 Å². The van der Waals surface area contributed by atoms with Gasteiger partial charge in [-0.2, -0.15) is 0 Å². The van der Waals surface area contributed by atoms with Gasteiger partial charge in [-0.15, -0.1) is 5.10 Å². The molecule has 0 aromatic carbocycles. The number of carboxylic acid groups (broad SMARTS) is 1. The number of rotatable bonds is 4. The van der Waals surface area contributed by atoms with Crippen LogP contribution in [-0.2, 0) is 17.8 Å². The first kappa shape index (κ1) is 10.2. The fraction of sp³-hybridized carbons (Fsp3) is 0.222. The largest absolute Gasteiger partial charge is 0.480 e. The van der Waals surface area contributed by atoms with Gasteiger partial charge in [-0.3, -0.25) is 9.78 Å². The van der Waals surface area contributed by atoms with Gasteiger partial charge in [0, 0.05) is 18.8 Å². The number of hydrogen-bond donors (Lipinski definition) is 1. The zero-order chi connectivity index (χ0) is 11.4. The molecule has 0 bridgehead atoms. The molecule has 0 spiro atoms. The summed E-state index contributed by atoms with van der Waals surface area (Å²) >= 11 is 0. The molecule has 0 radical (unpaired) electrons. The first-order valence-electron chi connectivity index (χ1n) is 4.61. The molecule has 7 heteroatoms. The van der Waals surface area contributed by atoms with Crippen molar-refractivity contribution in [2.75, 3.05) is 0 Å². The van der Waals surface area contributed by atoms with E-state index in [2.05, 4.69) is 20.5 Å². The van der Waals surface area contributed by atoms with Gasteiger partial charge in [0.25, 0.3) is 0 Å². The van der Waals surface area contributed by atoms with E-state index < -0.39 is 5.97 Å². The molecule has 16 heavy (non-hydrogen) atoms. The monoisotopic (exact) mass is 219 g/mol. The molecule has 0 fully saturated rings. The molecule has 7 nitrogen and oxygen atoms in total. The molecule has 0 aliphatic rings. The summed E-state index contributed by atoms with van der Waals surface area (Å²) in [5.41, 5.74) is 0.983. The number of aliphatic carboxylic acids is 1. The summed E-state index contributed by atoms with van der Waals surface area (Å²) in [6, 6.07) is 3.67. The molecule has 1 N–H and O–H groups in total. The zero-order valence-electron chi connectivity index (χ0n) is 8.32. The maximum Gasteiger partial charge on any atom is 0.325 e. The van der Waals surface area contributed by atoms with Gasteiger partial charge in [0.15, 0.2) is 5.82 Å². The van der Waals surface area contributed by atoms with E-state index in [1.807, 2.05) is 12.1 Å². The minimum Gasteiger partial charge on any atom is -0.480 e. The third kappa shape index (κ3) is 2.38. The Hall–Kier alpha value is -2.31. The fourth-order valence-electron chi connectivity index (χ4n) is 1.28. The van der Waals surface area contributed by atoms with Crippen molar-refractivity contribution in [3.63, 3.8) is 0 Å². The van der Waals surface area contributed by atoms with Crippen molar-refractivity contribution < 1.29 is 9.90 Å². The van der Waals surface area contributed by atoms with Crippen LogP contribution in [0, 0.1) is 0 Å². The van der Waals surface area contributed by atoms with Crippen molar-refractivity contribution in [2.24, 2.45) is 0 Å². The molecule has 0 saturated carbocycles. The Labute approximate surface area is 90.7 Å². The number of aromatic nitrogens is 5. The van der Waals surface area contributed by atoms with Gasteiger partial charge in [0.05, 0.1) is 0 Å². The third-order valence-corrected chi connectivity index (χ3v) is 2.00. The molecule has 0 saturated heterocycles. The Balaban J connectivity index is 2.16. The van der Waals surface area contributed by atoms with Crippen molar-refractivity contribution in [1.82, 2.24) is 25.2 Å². The highest BCUT2D eigenvalue weighted by molar-refractivity contribution is 5.66. The fourth-order valence-corrected chi connectivity index (χ4v) is 1.28. The third-order valence-electron chi connectivity index (χ3n) is 2.00. The summed E-state index contributed by atoms with van der Waals surface area (Å²) in [7, 11) is 0. The second-order valence-electron chi connectivity index (χ2n) is 3.18. The SMILES string of the molecule is O=C(O)Cn1nnnc1Cc1ccncc1. The van der Waals surface area contributed by atoms with Crippen LogP contribution in [0.3, 0.4) is 0 Å². The van der Waals surface area contributed by atoms with Crippen molar-refractivity contribution >= 4 is 5.97 Å². The average molecular weight is 219 g/mol. The number of carboxylic acids is 1. The minimum atomic E-state index is -0.969. The van der Waals surface area contributed by atoms with Crippen LogP contribution in [0.2, 0.25) is 0 Å². The van der Waals surface area contributed by atoms with E-state index in [0.29, 0.717) is 12.2 Å². The second kappa shape index (κ2) is 4.47. The second-order valence-corrected chi connectivity index (χ2v) is 3.18. The molecule has 2 aromatic heterocycles. The van der Waals surface area contributed by atoms with Gasteiger partial charge >= 0.3 is 5.97 Å². The van der Waals surface area contributed by atoms with Gasteiger partial charge < -0.3 is 5.11 Å². The maximum atomic E-state index is 10.5. The Morgan fingerprint density at radius 1 is 1.38 bits per heavy atom. The molecule has 2 rings (SSSR count). The van der Waals surface area contributed by atoms with Gasteiger partial charge in [0.1, 0.15) is 6.54 Å².